The fourth-order valence-electron chi connectivity index (χ4n) is 9.23. The number of likely N-dealkylation sites (N-methyl/N-ethyl adjacent to an activating group) is 1. The summed E-state index contributed by atoms with van der Waals surface area (Å²) in [6.07, 6.45) is 8.47. The van der Waals surface area contributed by atoms with Crippen LogP contribution in [0.5, 0.6) is 5.75 Å². The summed E-state index contributed by atoms with van der Waals surface area (Å²) < 4.78 is 36.2. The molecule has 2 aromatic heterocycles. The van der Waals surface area contributed by atoms with Crippen molar-refractivity contribution in [1.82, 2.24) is 28.4 Å². The van der Waals surface area contributed by atoms with Crippen LogP contribution in [0, 0.1) is 5.41 Å². The summed E-state index contributed by atoms with van der Waals surface area (Å²) in [6, 6.07) is 10.3. The first kappa shape index (κ1) is 30.8. The van der Waals surface area contributed by atoms with Gasteiger partial charge in [0, 0.05) is 62.7 Å². The van der Waals surface area contributed by atoms with E-state index in [1.807, 2.05) is 12.1 Å². The molecule has 1 aromatic carbocycles. The molecule has 2 saturated heterocycles. The van der Waals surface area contributed by atoms with Crippen molar-refractivity contribution in [2.45, 2.75) is 81.8 Å². The molecular formula is C35H44N6O5S. The Hall–Kier alpha value is -3.48. The number of methoxy groups -OCH3 is 1. The number of carbonyl (C=O) groups is 2. The molecule has 5 heterocycles. The van der Waals surface area contributed by atoms with Crippen molar-refractivity contribution >= 4 is 33.1 Å². The van der Waals surface area contributed by atoms with Gasteiger partial charge in [-0.1, -0.05) is 19.3 Å². The number of fused-ring (bicyclic) bond motifs is 9. The van der Waals surface area contributed by atoms with Gasteiger partial charge in [0.25, 0.3) is 5.91 Å². The Kier molecular flexibility index (Phi) is 7.23. The summed E-state index contributed by atoms with van der Waals surface area (Å²) in [6.45, 7) is 2.26. The average Bonchev–Trinajstić information content (AvgIpc) is 3.64. The van der Waals surface area contributed by atoms with Gasteiger partial charge in [0.05, 0.1) is 18.2 Å². The summed E-state index contributed by atoms with van der Waals surface area (Å²) in [5.41, 5.74) is 4.59. The maximum atomic E-state index is 15.0. The molecule has 4 atom stereocenters. The average molecular weight is 661 g/mol. The number of likely N-dealkylation sites (tertiary alicyclic amines) is 1. The molecule has 2 amide bonds. The van der Waals surface area contributed by atoms with Crippen molar-refractivity contribution in [3.8, 4) is 17.0 Å². The van der Waals surface area contributed by atoms with Crippen molar-refractivity contribution < 1.29 is 22.7 Å². The normalized spacial score (nSPS) is 27.3. The van der Waals surface area contributed by atoms with Crippen LogP contribution in [0.2, 0.25) is 0 Å². The van der Waals surface area contributed by atoms with Crippen LogP contribution < -0.4 is 9.46 Å². The third-order valence-electron chi connectivity index (χ3n) is 11.6. The van der Waals surface area contributed by atoms with E-state index in [2.05, 4.69) is 38.3 Å². The number of piperazine rings is 1. The summed E-state index contributed by atoms with van der Waals surface area (Å²) in [4.78, 5) is 37.8. The number of ether oxygens (including phenoxy) is 1. The number of amides is 2. The number of hydrogen-bond acceptors (Lipinski definition) is 7. The van der Waals surface area contributed by atoms with Gasteiger partial charge in [-0.3, -0.25) is 9.59 Å². The molecule has 3 aliphatic heterocycles. The molecule has 4 unspecified atom stereocenters. The fourth-order valence-corrected chi connectivity index (χ4v) is 9.75. The molecule has 250 valence electrons. The van der Waals surface area contributed by atoms with Crippen LogP contribution >= 0.6 is 0 Å². The monoisotopic (exact) mass is 660 g/mol. The lowest BCUT2D eigenvalue weighted by Gasteiger charge is -2.41. The van der Waals surface area contributed by atoms with Crippen LogP contribution in [0.1, 0.15) is 84.8 Å². The molecule has 2 saturated carbocycles. The Labute approximate surface area is 276 Å². The largest absolute Gasteiger partial charge is 0.497 e. The number of pyridine rings is 1. The minimum atomic E-state index is -4.00. The highest BCUT2D eigenvalue weighted by atomic mass is 32.2. The van der Waals surface area contributed by atoms with E-state index >= 15 is 0 Å². The van der Waals surface area contributed by atoms with Gasteiger partial charge in [0.2, 0.25) is 5.91 Å². The smallest absolute Gasteiger partial charge is 0.303 e. The molecule has 47 heavy (non-hydrogen) atoms. The third-order valence-corrected chi connectivity index (χ3v) is 13.0. The van der Waals surface area contributed by atoms with Gasteiger partial charge in [-0.15, -0.1) is 0 Å². The Balaban J connectivity index is 1.32. The summed E-state index contributed by atoms with van der Waals surface area (Å²) >= 11 is 0. The third kappa shape index (κ3) is 4.81. The first-order chi connectivity index (χ1) is 22.5. The number of carbonyl (C=O) groups excluding carboxylic acids is 2. The van der Waals surface area contributed by atoms with Gasteiger partial charge < -0.3 is 19.1 Å². The minimum Gasteiger partial charge on any atom is -0.497 e. The van der Waals surface area contributed by atoms with Crippen molar-refractivity contribution in [1.29, 1.82) is 0 Å². The first-order valence-corrected chi connectivity index (χ1v) is 18.4. The second-order valence-electron chi connectivity index (χ2n) is 14.7. The second-order valence-corrected chi connectivity index (χ2v) is 16.5. The van der Waals surface area contributed by atoms with Gasteiger partial charge in [-0.25, -0.2) is 9.71 Å². The molecule has 2 aliphatic carbocycles. The SMILES string of the molecule is COc1ccc2c(c1)C1CC1(C(=O)N1C3CCC1CN(C)C3)Cn1c-2c(C2CCCCC2)c2ccc(C(=O)NS(=O)(=O)N(C)C)nc21. The van der Waals surface area contributed by atoms with Crippen LogP contribution in [0.15, 0.2) is 30.3 Å². The van der Waals surface area contributed by atoms with Crippen molar-refractivity contribution in [3.63, 3.8) is 0 Å². The zero-order chi connectivity index (χ0) is 32.8. The quantitative estimate of drug-likeness (QED) is 0.424. The Bertz CT molecular complexity index is 1890. The molecule has 0 spiro atoms. The molecule has 4 fully saturated rings. The van der Waals surface area contributed by atoms with Crippen LogP contribution in [0.3, 0.4) is 0 Å². The predicted octanol–water partition coefficient (Wildman–Crippen LogP) is 4.09. The molecule has 2 bridgehead atoms. The highest BCUT2D eigenvalue weighted by Crippen LogP contribution is 2.66. The van der Waals surface area contributed by atoms with E-state index in [1.54, 1.807) is 13.2 Å². The van der Waals surface area contributed by atoms with E-state index in [4.69, 9.17) is 9.72 Å². The van der Waals surface area contributed by atoms with Crippen LogP contribution in [-0.2, 0) is 21.5 Å². The van der Waals surface area contributed by atoms with E-state index in [1.165, 1.54) is 26.1 Å². The van der Waals surface area contributed by atoms with Crippen molar-refractivity contribution in [2.75, 3.05) is 41.3 Å². The number of nitrogens with one attached hydrogen (secondary N) is 1. The van der Waals surface area contributed by atoms with Crippen LogP contribution in [0.25, 0.3) is 22.3 Å². The number of rotatable bonds is 6. The summed E-state index contributed by atoms with van der Waals surface area (Å²) in [5.74, 6) is 0.599. The Morgan fingerprint density at radius 2 is 1.74 bits per heavy atom. The van der Waals surface area contributed by atoms with E-state index in [9.17, 15) is 18.0 Å². The predicted molar refractivity (Wildman–Crippen MR) is 179 cm³/mol. The lowest BCUT2D eigenvalue weighted by molar-refractivity contribution is -0.143. The van der Waals surface area contributed by atoms with E-state index < -0.39 is 21.5 Å². The van der Waals surface area contributed by atoms with E-state index in [0.29, 0.717) is 18.1 Å². The van der Waals surface area contributed by atoms with Crippen molar-refractivity contribution in [3.05, 3.63) is 47.2 Å². The minimum absolute atomic E-state index is 0.0301. The number of benzene rings is 1. The zero-order valence-corrected chi connectivity index (χ0v) is 28.5. The molecule has 1 N–H and O–H groups in total. The van der Waals surface area contributed by atoms with Gasteiger partial charge >= 0.3 is 10.2 Å². The lowest BCUT2D eigenvalue weighted by Crippen LogP contribution is -2.57. The number of hydrogen-bond donors (Lipinski definition) is 1. The Morgan fingerprint density at radius 1 is 1.02 bits per heavy atom. The highest BCUT2D eigenvalue weighted by molar-refractivity contribution is 7.87. The molecule has 0 radical (unpaired) electrons. The molecule has 5 aliphatic rings. The standard InChI is InChI=1S/C35H44N6O5S/c1-38(2)47(44,45)37-33(42)29-15-14-26-30(21-8-6-5-7-9-21)31-25-13-12-24(46-4)16-27(25)28-17-35(28,20-40(31)32(26)36-29)34(43)41-22-10-11-23(41)19-39(3)18-22/h12-16,21-23,28H,5-11,17-20H2,1-4H3,(H,37,42). The van der Waals surface area contributed by atoms with Crippen LogP contribution in [0.4, 0.5) is 0 Å². The van der Waals surface area contributed by atoms with Gasteiger partial charge in [0.15, 0.2) is 0 Å². The first-order valence-electron chi connectivity index (χ1n) is 17.0. The van der Waals surface area contributed by atoms with Gasteiger partial charge in [-0.05, 0) is 86.5 Å². The highest BCUT2D eigenvalue weighted by Gasteiger charge is 2.65. The zero-order valence-electron chi connectivity index (χ0n) is 27.7. The molecule has 8 rings (SSSR count). The number of nitrogens with zero attached hydrogens (tertiary/aromatic N) is 5. The van der Waals surface area contributed by atoms with Gasteiger partial charge in [0.1, 0.15) is 17.1 Å². The van der Waals surface area contributed by atoms with E-state index in [-0.39, 0.29) is 29.6 Å². The van der Waals surface area contributed by atoms with Crippen molar-refractivity contribution in [2.24, 2.45) is 5.41 Å². The molecular weight excluding hydrogens is 616 g/mol. The fraction of sp³-hybridized carbons (Fsp3) is 0.571. The molecule has 3 aromatic rings. The van der Waals surface area contributed by atoms with Crippen LogP contribution in [-0.4, -0.2) is 97.3 Å². The number of aromatic nitrogens is 2. The lowest BCUT2D eigenvalue weighted by atomic mass is 9.81. The van der Waals surface area contributed by atoms with E-state index in [0.717, 1.165) is 90.3 Å². The maximum absolute atomic E-state index is 15.0. The molecule has 11 nitrogen and oxygen atoms in total. The maximum Gasteiger partial charge on any atom is 0.303 e. The Morgan fingerprint density at radius 3 is 2.43 bits per heavy atom. The second kappa shape index (κ2) is 11.0. The summed E-state index contributed by atoms with van der Waals surface area (Å²) in [7, 11) is 2.57. The topological polar surface area (TPSA) is 117 Å². The molecule has 12 heteroatoms. The van der Waals surface area contributed by atoms with Gasteiger partial charge in [-0.2, -0.15) is 12.7 Å². The summed E-state index contributed by atoms with van der Waals surface area (Å²) in [5, 5.41) is 0.974.